The lowest BCUT2D eigenvalue weighted by atomic mass is 10.0. The van der Waals surface area contributed by atoms with Crippen LogP contribution in [0.2, 0.25) is 0 Å². The standard InChI is InChI=1S/C34H50N4O6/c1-23-19-38(24(2)22-39)33(40)30-18-28(36-34(41)35-27-11-14-29(42-5)15-12-27)13-16-31(30)44-25(3)8-6-7-17-43-32(23)21-37(4)20-26-9-10-26/h11-16,18,23-26,32,39H,6-10,17,19-22H2,1-5H3,(H2,35,36,41)/t23-,24+,25-,32+/m1/s1. The number of hydrogen-bond donors (Lipinski definition) is 3. The van der Waals surface area contributed by atoms with Gasteiger partial charge in [-0.1, -0.05) is 6.92 Å². The summed E-state index contributed by atoms with van der Waals surface area (Å²) in [5.41, 5.74) is 1.39. The van der Waals surface area contributed by atoms with Crippen LogP contribution in [0.3, 0.4) is 0 Å². The van der Waals surface area contributed by atoms with Crippen LogP contribution in [-0.2, 0) is 4.74 Å². The molecule has 0 aromatic heterocycles. The number of fused-ring (bicyclic) bond motifs is 1. The third-order valence-electron chi connectivity index (χ3n) is 8.42. The second-order valence-corrected chi connectivity index (χ2v) is 12.5. The summed E-state index contributed by atoms with van der Waals surface area (Å²) in [7, 11) is 3.73. The third kappa shape index (κ3) is 9.84. The van der Waals surface area contributed by atoms with E-state index >= 15 is 0 Å². The molecule has 0 radical (unpaired) electrons. The minimum Gasteiger partial charge on any atom is -0.497 e. The Morgan fingerprint density at radius 2 is 1.77 bits per heavy atom. The molecule has 2 aliphatic rings. The lowest BCUT2D eigenvalue weighted by Crippen LogP contribution is -2.47. The third-order valence-corrected chi connectivity index (χ3v) is 8.42. The van der Waals surface area contributed by atoms with Crippen molar-refractivity contribution in [2.45, 2.75) is 71.1 Å². The zero-order valence-corrected chi connectivity index (χ0v) is 26.9. The number of methoxy groups -OCH3 is 1. The van der Waals surface area contributed by atoms with Crippen molar-refractivity contribution in [3.8, 4) is 11.5 Å². The van der Waals surface area contributed by atoms with Crippen LogP contribution < -0.4 is 20.1 Å². The van der Waals surface area contributed by atoms with E-state index in [1.165, 1.54) is 12.8 Å². The molecule has 44 heavy (non-hydrogen) atoms. The van der Waals surface area contributed by atoms with Crippen molar-refractivity contribution in [2.24, 2.45) is 11.8 Å². The van der Waals surface area contributed by atoms with Gasteiger partial charge in [-0.2, -0.15) is 0 Å². The first kappa shape index (κ1) is 33.6. The molecule has 3 amide bonds. The average Bonchev–Trinajstić information content (AvgIpc) is 3.82. The van der Waals surface area contributed by atoms with Gasteiger partial charge < -0.3 is 39.8 Å². The number of rotatable bonds is 9. The van der Waals surface area contributed by atoms with Gasteiger partial charge in [0.25, 0.3) is 5.91 Å². The summed E-state index contributed by atoms with van der Waals surface area (Å²) in [4.78, 5) is 31.2. The maximum absolute atomic E-state index is 14.3. The van der Waals surface area contributed by atoms with E-state index in [-0.39, 0.29) is 30.6 Å². The van der Waals surface area contributed by atoms with E-state index in [0.717, 1.165) is 38.3 Å². The number of nitrogens with one attached hydrogen (secondary N) is 2. The normalized spacial score (nSPS) is 22.4. The molecule has 1 aliphatic carbocycles. The summed E-state index contributed by atoms with van der Waals surface area (Å²) in [6, 6.07) is 11.3. The molecule has 1 aliphatic heterocycles. The summed E-state index contributed by atoms with van der Waals surface area (Å²) in [5.74, 6) is 1.69. The van der Waals surface area contributed by atoms with Crippen molar-refractivity contribution in [3.63, 3.8) is 0 Å². The SMILES string of the molecule is COc1ccc(NC(=O)Nc2ccc3c(c2)C(=O)N([C@@H](C)CO)C[C@@H](C)[C@H](CN(C)CC2CC2)OCCCC[C@@H](C)O3)cc1. The number of amides is 3. The zero-order chi connectivity index (χ0) is 31.6. The Hall–Kier alpha value is -3.34. The van der Waals surface area contributed by atoms with E-state index in [9.17, 15) is 14.7 Å². The molecular formula is C34H50N4O6. The van der Waals surface area contributed by atoms with Gasteiger partial charge in [0.1, 0.15) is 11.5 Å². The number of aliphatic hydroxyl groups excluding tert-OH is 1. The number of nitrogens with zero attached hydrogens (tertiary/aromatic N) is 2. The minimum absolute atomic E-state index is 0.0254. The van der Waals surface area contributed by atoms with Crippen molar-refractivity contribution < 1.29 is 28.9 Å². The molecule has 0 saturated heterocycles. The predicted octanol–water partition coefficient (Wildman–Crippen LogP) is 5.48. The number of likely N-dealkylation sites (N-methyl/N-ethyl adjacent to an activating group) is 1. The van der Waals surface area contributed by atoms with Crippen LogP contribution in [0, 0.1) is 11.8 Å². The monoisotopic (exact) mass is 610 g/mol. The second kappa shape index (κ2) is 16.1. The number of anilines is 2. The highest BCUT2D eigenvalue weighted by Gasteiger charge is 2.31. The van der Waals surface area contributed by atoms with Crippen molar-refractivity contribution in [3.05, 3.63) is 48.0 Å². The van der Waals surface area contributed by atoms with Gasteiger partial charge in [0.05, 0.1) is 37.5 Å². The van der Waals surface area contributed by atoms with Gasteiger partial charge in [-0.25, -0.2) is 4.79 Å². The summed E-state index contributed by atoms with van der Waals surface area (Å²) < 4.78 is 17.9. The molecule has 3 N–H and O–H groups in total. The molecular weight excluding hydrogens is 560 g/mol. The molecule has 1 heterocycles. The molecule has 2 aromatic rings. The van der Waals surface area contributed by atoms with Gasteiger partial charge in [-0.05, 0) is 101 Å². The van der Waals surface area contributed by atoms with Gasteiger partial charge >= 0.3 is 6.03 Å². The lowest BCUT2D eigenvalue weighted by Gasteiger charge is -2.36. The van der Waals surface area contributed by atoms with Crippen molar-refractivity contribution in [2.75, 3.05) is 57.6 Å². The Kier molecular flexibility index (Phi) is 12.3. The van der Waals surface area contributed by atoms with E-state index in [4.69, 9.17) is 14.2 Å². The fraction of sp³-hybridized carbons (Fsp3) is 0.588. The fourth-order valence-corrected chi connectivity index (χ4v) is 5.55. The maximum Gasteiger partial charge on any atom is 0.323 e. The number of benzene rings is 2. The van der Waals surface area contributed by atoms with Crippen LogP contribution >= 0.6 is 0 Å². The van der Waals surface area contributed by atoms with Crippen LogP contribution in [-0.4, -0.2) is 92.1 Å². The van der Waals surface area contributed by atoms with Gasteiger partial charge in [0.15, 0.2) is 0 Å². The zero-order valence-electron chi connectivity index (χ0n) is 26.9. The molecule has 0 spiro atoms. The van der Waals surface area contributed by atoms with Crippen LogP contribution in [0.15, 0.2) is 42.5 Å². The predicted molar refractivity (Wildman–Crippen MR) is 173 cm³/mol. The summed E-state index contributed by atoms with van der Waals surface area (Å²) >= 11 is 0. The molecule has 1 saturated carbocycles. The molecule has 242 valence electrons. The number of carbonyl (C=O) groups excluding carboxylic acids is 2. The van der Waals surface area contributed by atoms with Crippen LogP contribution in [0.5, 0.6) is 11.5 Å². The van der Waals surface area contributed by atoms with E-state index in [1.54, 1.807) is 54.5 Å². The molecule has 1 fully saturated rings. The molecule has 0 bridgehead atoms. The number of ether oxygens (including phenoxy) is 3. The maximum atomic E-state index is 14.3. The molecule has 4 atom stereocenters. The Balaban J connectivity index is 1.57. The molecule has 10 heteroatoms. The molecule has 4 rings (SSSR count). The Labute approximate surface area is 262 Å². The van der Waals surface area contributed by atoms with Crippen LogP contribution in [0.4, 0.5) is 16.2 Å². The number of urea groups is 1. The highest BCUT2D eigenvalue weighted by atomic mass is 16.5. The topological polar surface area (TPSA) is 113 Å². The van der Waals surface area contributed by atoms with E-state index < -0.39 is 12.1 Å². The Morgan fingerprint density at radius 1 is 1.07 bits per heavy atom. The van der Waals surface area contributed by atoms with Gasteiger partial charge in [0, 0.05) is 43.5 Å². The summed E-state index contributed by atoms with van der Waals surface area (Å²) in [6.45, 7) is 8.71. The summed E-state index contributed by atoms with van der Waals surface area (Å²) in [6.07, 6.45) is 5.11. The lowest BCUT2D eigenvalue weighted by molar-refractivity contribution is -0.0172. The number of carbonyl (C=O) groups is 2. The first-order valence-electron chi connectivity index (χ1n) is 15.9. The smallest absolute Gasteiger partial charge is 0.323 e. The number of aliphatic hydroxyl groups is 1. The minimum atomic E-state index is -0.442. The van der Waals surface area contributed by atoms with Gasteiger partial charge in [-0.15, -0.1) is 0 Å². The summed E-state index contributed by atoms with van der Waals surface area (Å²) in [5, 5.41) is 15.8. The van der Waals surface area contributed by atoms with Gasteiger partial charge in [0.2, 0.25) is 0 Å². The fourth-order valence-electron chi connectivity index (χ4n) is 5.55. The molecule has 10 nitrogen and oxygen atoms in total. The largest absolute Gasteiger partial charge is 0.497 e. The van der Waals surface area contributed by atoms with Gasteiger partial charge in [-0.3, -0.25) is 4.79 Å². The molecule has 2 aromatic carbocycles. The van der Waals surface area contributed by atoms with E-state index in [0.29, 0.717) is 41.6 Å². The number of hydrogen-bond acceptors (Lipinski definition) is 7. The first-order chi connectivity index (χ1) is 21.2. The first-order valence-corrected chi connectivity index (χ1v) is 15.9. The Morgan fingerprint density at radius 3 is 2.45 bits per heavy atom. The highest BCUT2D eigenvalue weighted by Crippen LogP contribution is 2.31. The van der Waals surface area contributed by atoms with E-state index in [1.807, 2.05) is 13.8 Å². The van der Waals surface area contributed by atoms with Crippen LogP contribution in [0.25, 0.3) is 0 Å². The van der Waals surface area contributed by atoms with Crippen molar-refractivity contribution in [1.29, 1.82) is 0 Å². The van der Waals surface area contributed by atoms with Crippen molar-refractivity contribution in [1.82, 2.24) is 9.80 Å². The van der Waals surface area contributed by atoms with Crippen LogP contribution in [0.1, 0.15) is 63.2 Å². The highest BCUT2D eigenvalue weighted by molar-refractivity contribution is 6.02. The van der Waals surface area contributed by atoms with Crippen molar-refractivity contribution >= 4 is 23.3 Å². The second-order valence-electron chi connectivity index (χ2n) is 12.5. The quantitative estimate of drug-likeness (QED) is 0.345. The average molecular weight is 611 g/mol. The van der Waals surface area contributed by atoms with E-state index in [2.05, 4.69) is 29.5 Å². The Bertz CT molecular complexity index is 1220. The molecule has 0 unspecified atom stereocenters.